The van der Waals surface area contributed by atoms with Gasteiger partial charge in [0.15, 0.2) is 0 Å². The highest BCUT2D eigenvalue weighted by atomic mass is 16.2. The van der Waals surface area contributed by atoms with E-state index in [1.807, 2.05) is 13.8 Å². The summed E-state index contributed by atoms with van der Waals surface area (Å²) in [4.78, 5) is 24.2. The highest BCUT2D eigenvalue weighted by molar-refractivity contribution is 6.06. The standard InChI is InChI=1S/C16H20N4O2/c1-5-17-15(21)12-7-6-8-13(9-12)18-16(22)14-10(2)19-20(4)11(14)3/h6-9H,5H2,1-4H3,(H,17,21)(H,18,22). The second-order valence-corrected chi connectivity index (χ2v) is 5.06. The van der Waals surface area contributed by atoms with Crippen molar-refractivity contribution in [2.45, 2.75) is 20.8 Å². The summed E-state index contributed by atoms with van der Waals surface area (Å²) in [7, 11) is 1.80. The molecule has 22 heavy (non-hydrogen) atoms. The molecular weight excluding hydrogens is 280 g/mol. The van der Waals surface area contributed by atoms with E-state index >= 15 is 0 Å². The van der Waals surface area contributed by atoms with Crippen molar-refractivity contribution in [3.8, 4) is 0 Å². The molecule has 0 atom stereocenters. The summed E-state index contributed by atoms with van der Waals surface area (Å²) in [5, 5.41) is 9.78. The van der Waals surface area contributed by atoms with Crippen LogP contribution in [0.2, 0.25) is 0 Å². The van der Waals surface area contributed by atoms with Gasteiger partial charge in [0.05, 0.1) is 11.3 Å². The predicted molar refractivity (Wildman–Crippen MR) is 85.1 cm³/mol. The quantitative estimate of drug-likeness (QED) is 0.907. The first-order valence-corrected chi connectivity index (χ1v) is 7.13. The third-order valence-corrected chi connectivity index (χ3v) is 3.46. The van der Waals surface area contributed by atoms with E-state index in [2.05, 4.69) is 15.7 Å². The van der Waals surface area contributed by atoms with Gasteiger partial charge in [0.2, 0.25) is 0 Å². The Kier molecular flexibility index (Phi) is 4.60. The van der Waals surface area contributed by atoms with Gasteiger partial charge in [0.1, 0.15) is 0 Å². The molecule has 6 nitrogen and oxygen atoms in total. The molecule has 0 saturated carbocycles. The third-order valence-electron chi connectivity index (χ3n) is 3.46. The molecule has 1 heterocycles. The Labute approximate surface area is 129 Å². The average molecular weight is 300 g/mol. The van der Waals surface area contributed by atoms with E-state index in [4.69, 9.17) is 0 Å². The van der Waals surface area contributed by atoms with Gasteiger partial charge in [-0.3, -0.25) is 14.3 Å². The van der Waals surface area contributed by atoms with Crippen molar-refractivity contribution >= 4 is 17.5 Å². The Bertz CT molecular complexity index is 719. The Morgan fingerprint density at radius 1 is 1.23 bits per heavy atom. The monoisotopic (exact) mass is 300 g/mol. The van der Waals surface area contributed by atoms with Crippen LogP contribution in [0.4, 0.5) is 5.69 Å². The average Bonchev–Trinajstić information content (AvgIpc) is 2.72. The molecule has 2 rings (SSSR count). The van der Waals surface area contributed by atoms with E-state index in [9.17, 15) is 9.59 Å². The summed E-state index contributed by atoms with van der Waals surface area (Å²) in [5.74, 6) is -0.386. The van der Waals surface area contributed by atoms with Crippen LogP contribution in [0.1, 0.15) is 39.0 Å². The summed E-state index contributed by atoms with van der Waals surface area (Å²) in [6.07, 6.45) is 0. The largest absolute Gasteiger partial charge is 0.352 e. The van der Waals surface area contributed by atoms with Gasteiger partial charge in [-0.15, -0.1) is 0 Å². The number of anilines is 1. The molecule has 1 aromatic heterocycles. The molecule has 0 bridgehead atoms. The molecule has 0 aliphatic carbocycles. The van der Waals surface area contributed by atoms with Crippen LogP contribution in [0.25, 0.3) is 0 Å². The number of carbonyl (C=O) groups is 2. The van der Waals surface area contributed by atoms with Crippen LogP contribution in [-0.4, -0.2) is 28.1 Å². The van der Waals surface area contributed by atoms with Gasteiger partial charge in [-0.1, -0.05) is 6.07 Å². The predicted octanol–water partition coefficient (Wildman–Crippen LogP) is 2.04. The SMILES string of the molecule is CCNC(=O)c1cccc(NC(=O)c2c(C)nn(C)c2C)c1. The Morgan fingerprint density at radius 3 is 2.55 bits per heavy atom. The molecule has 0 spiro atoms. The molecule has 0 fully saturated rings. The van der Waals surface area contributed by atoms with Crippen molar-refractivity contribution in [3.63, 3.8) is 0 Å². The highest BCUT2D eigenvalue weighted by Gasteiger charge is 2.17. The van der Waals surface area contributed by atoms with Crippen LogP contribution in [0.3, 0.4) is 0 Å². The summed E-state index contributed by atoms with van der Waals surface area (Å²) in [6, 6.07) is 6.86. The molecule has 0 radical (unpaired) electrons. The lowest BCUT2D eigenvalue weighted by Gasteiger charge is -2.08. The maximum Gasteiger partial charge on any atom is 0.259 e. The molecule has 2 aromatic rings. The fraction of sp³-hybridized carbons (Fsp3) is 0.312. The zero-order valence-corrected chi connectivity index (χ0v) is 13.2. The number of aryl methyl sites for hydroxylation is 2. The van der Waals surface area contributed by atoms with Gasteiger partial charge in [-0.05, 0) is 39.0 Å². The Balaban J connectivity index is 2.22. The molecule has 116 valence electrons. The minimum atomic E-state index is -0.226. The van der Waals surface area contributed by atoms with Crippen LogP contribution in [-0.2, 0) is 7.05 Å². The Morgan fingerprint density at radius 2 is 1.95 bits per heavy atom. The van der Waals surface area contributed by atoms with Gasteiger partial charge < -0.3 is 10.6 Å². The number of rotatable bonds is 4. The number of aromatic nitrogens is 2. The third kappa shape index (κ3) is 3.16. The first kappa shape index (κ1) is 15.8. The van der Waals surface area contributed by atoms with Crippen LogP contribution in [0.5, 0.6) is 0 Å². The first-order chi connectivity index (χ1) is 10.4. The maximum atomic E-state index is 12.4. The van der Waals surface area contributed by atoms with Gasteiger partial charge in [-0.2, -0.15) is 5.10 Å². The van der Waals surface area contributed by atoms with Crippen LogP contribution >= 0.6 is 0 Å². The smallest absolute Gasteiger partial charge is 0.259 e. The first-order valence-electron chi connectivity index (χ1n) is 7.13. The molecule has 0 unspecified atom stereocenters. The van der Waals surface area contributed by atoms with E-state index in [1.165, 1.54) is 0 Å². The molecule has 0 aliphatic heterocycles. The van der Waals surface area contributed by atoms with Crippen molar-refractivity contribution < 1.29 is 9.59 Å². The van der Waals surface area contributed by atoms with Gasteiger partial charge in [0, 0.05) is 30.5 Å². The minimum absolute atomic E-state index is 0.160. The molecule has 2 N–H and O–H groups in total. The van der Waals surface area contributed by atoms with E-state index in [0.29, 0.717) is 29.1 Å². The molecule has 2 amide bonds. The van der Waals surface area contributed by atoms with Gasteiger partial charge in [-0.25, -0.2) is 0 Å². The fourth-order valence-electron chi connectivity index (χ4n) is 2.30. The van der Waals surface area contributed by atoms with Gasteiger partial charge >= 0.3 is 0 Å². The second kappa shape index (κ2) is 6.43. The lowest BCUT2D eigenvalue weighted by molar-refractivity contribution is 0.0954. The summed E-state index contributed by atoms with van der Waals surface area (Å²) in [5.41, 5.74) is 3.13. The molecule has 6 heteroatoms. The fourth-order valence-corrected chi connectivity index (χ4v) is 2.30. The van der Waals surface area contributed by atoms with E-state index in [0.717, 1.165) is 5.69 Å². The number of hydrogen-bond donors (Lipinski definition) is 2. The van der Waals surface area contributed by atoms with Crippen LogP contribution < -0.4 is 10.6 Å². The van der Waals surface area contributed by atoms with Crippen molar-refractivity contribution in [2.75, 3.05) is 11.9 Å². The zero-order valence-electron chi connectivity index (χ0n) is 13.2. The van der Waals surface area contributed by atoms with E-state index in [-0.39, 0.29) is 11.8 Å². The maximum absolute atomic E-state index is 12.4. The normalized spacial score (nSPS) is 10.4. The van der Waals surface area contributed by atoms with Crippen molar-refractivity contribution in [3.05, 3.63) is 46.8 Å². The minimum Gasteiger partial charge on any atom is -0.352 e. The number of benzene rings is 1. The lowest BCUT2D eigenvalue weighted by atomic mass is 10.1. The number of carbonyl (C=O) groups excluding carboxylic acids is 2. The second-order valence-electron chi connectivity index (χ2n) is 5.06. The molecule has 0 aliphatic rings. The molecule has 1 aromatic carbocycles. The van der Waals surface area contributed by atoms with Crippen molar-refractivity contribution in [2.24, 2.45) is 7.05 Å². The molecule has 0 saturated heterocycles. The van der Waals surface area contributed by atoms with E-state index in [1.54, 1.807) is 42.9 Å². The van der Waals surface area contributed by atoms with Crippen LogP contribution in [0.15, 0.2) is 24.3 Å². The lowest BCUT2D eigenvalue weighted by Crippen LogP contribution is -2.22. The van der Waals surface area contributed by atoms with Gasteiger partial charge in [0.25, 0.3) is 11.8 Å². The topological polar surface area (TPSA) is 76.0 Å². The number of nitrogens with one attached hydrogen (secondary N) is 2. The number of amides is 2. The molecular formula is C16H20N4O2. The summed E-state index contributed by atoms with van der Waals surface area (Å²) >= 11 is 0. The zero-order chi connectivity index (χ0) is 16.3. The Hall–Kier alpha value is -2.63. The van der Waals surface area contributed by atoms with Crippen molar-refractivity contribution in [1.29, 1.82) is 0 Å². The highest BCUT2D eigenvalue weighted by Crippen LogP contribution is 2.16. The summed E-state index contributed by atoms with van der Waals surface area (Å²) < 4.78 is 1.68. The number of nitrogens with zero attached hydrogens (tertiary/aromatic N) is 2. The van der Waals surface area contributed by atoms with E-state index < -0.39 is 0 Å². The van der Waals surface area contributed by atoms with Crippen LogP contribution in [0, 0.1) is 13.8 Å². The summed E-state index contributed by atoms with van der Waals surface area (Å²) in [6.45, 7) is 6.06. The van der Waals surface area contributed by atoms with Crippen molar-refractivity contribution in [1.82, 2.24) is 15.1 Å². The number of hydrogen-bond acceptors (Lipinski definition) is 3.